The monoisotopic (exact) mass is 333 g/mol. The van der Waals surface area contributed by atoms with Crippen LogP contribution in [0.3, 0.4) is 0 Å². The van der Waals surface area contributed by atoms with Crippen LogP contribution in [0, 0.1) is 6.92 Å². The maximum absolute atomic E-state index is 11.9. The number of hydrogen-bond donors (Lipinski definition) is 1. The Balaban J connectivity index is 1.65. The highest BCUT2D eigenvalue weighted by Gasteiger charge is 2.05. The predicted octanol–water partition coefficient (Wildman–Crippen LogP) is 4.95. The standard InChI is InChI=1S/C18H20ClNOS/c1-14-12-16(19)9-10-17(14)20-18(21)13-22-11-5-8-15-6-3-2-4-7-15/h2-4,6-7,9-10,12H,5,8,11,13H2,1H3,(H,20,21). The molecule has 0 unspecified atom stereocenters. The van der Waals surface area contributed by atoms with Gasteiger partial charge in [0.1, 0.15) is 0 Å². The first-order valence-corrected chi connectivity index (χ1v) is 8.86. The SMILES string of the molecule is Cc1cc(Cl)ccc1NC(=O)CSCCCc1ccccc1. The lowest BCUT2D eigenvalue weighted by molar-refractivity contribution is -0.113. The number of carbonyl (C=O) groups excluding carboxylic acids is 1. The molecule has 2 aromatic carbocycles. The number of aryl methyl sites for hydroxylation is 2. The Morgan fingerprint density at radius 1 is 1.18 bits per heavy atom. The Hall–Kier alpha value is -1.45. The van der Waals surface area contributed by atoms with Gasteiger partial charge in [0.05, 0.1) is 5.75 Å². The quantitative estimate of drug-likeness (QED) is 0.726. The van der Waals surface area contributed by atoms with Crippen molar-refractivity contribution in [1.29, 1.82) is 0 Å². The number of anilines is 1. The normalized spacial score (nSPS) is 10.5. The van der Waals surface area contributed by atoms with Gasteiger partial charge in [0.25, 0.3) is 0 Å². The molecule has 0 heterocycles. The van der Waals surface area contributed by atoms with Crippen molar-refractivity contribution < 1.29 is 4.79 Å². The second kappa shape index (κ2) is 8.86. The molecule has 0 aliphatic carbocycles. The van der Waals surface area contributed by atoms with Crippen molar-refractivity contribution in [2.75, 3.05) is 16.8 Å². The summed E-state index contributed by atoms with van der Waals surface area (Å²) >= 11 is 7.58. The molecule has 0 aromatic heterocycles. The van der Waals surface area contributed by atoms with E-state index in [1.54, 1.807) is 17.8 Å². The fourth-order valence-corrected chi connectivity index (χ4v) is 3.12. The van der Waals surface area contributed by atoms with E-state index in [0.717, 1.165) is 29.8 Å². The largest absolute Gasteiger partial charge is 0.325 e. The van der Waals surface area contributed by atoms with Crippen LogP contribution in [0.4, 0.5) is 5.69 Å². The third-order valence-corrected chi connectivity index (χ3v) is 4.57. The lowest BCUT2D eigenvalue weighted by Gasteiger charge is -2.08. The minimum atomic E-state index is 0.0372. The number of nitrogens with one attached hydrogen (secondary N) is 1. The van der Waals surface area contributed by atoms with E-state index in [1.807, 2.05) is 25.1 Å². The number of rotatable bonds is 7. The van der Waals surface area contributed by atoms with Crippen molar-refractivity contribution in [2.24, 2.45) is 0 Å². The summed E-state index contributed by atoms with van der Waals surface area (Å²) in [6.07, 6.45) is 2.15. The van der Waals surface area contributed by atoms with Crippen LogP contribution in [0.1, 0.15) is 17.5 Å². The summed E-state index contributed by atoms with van der Waals surface area (Å²) < 4.78 is 0. The molecule has 2 rings (SSSR count). The predicted molar refractivity (Wildman–Crippen MR) is 96.9 cm³/mol. The molecular formula is C18H20ClNOS. The van der Waals surface area contributed by atoms with E-state index in [4.69, 9.17) is 11.6 Å². The average molecular weight is 334 g/mol. The fourth-order valence-electron chi connectivity index (χ4n) is 2.14. The van der Waals surface area contributed by atoms with Gasteiger partial charge in [-0.3, -0.25) is 4.79 Å². The zero-order chi connectivity index (χ0) is 15.8. The molecule has 0 bridgehead atoms. The van der Waals surface area contributed by atoms with Gasteiger partial charge in [-0.2, -0.15) is 11.8 Å². The van der Waals surface area contributed by atoms with Gasteiger partial charge in [0.2, 0.25) is 5.91 Å². The van der Waals surface area contributed by atoms with E-state index in [2.05, 4.69) is 29.6 Å². The van der Waals surface area contributed by atoms with Crippen LogP contribution < -0.4 is 5.32 Å². The van der Waals surface area contributed by atoms with E-state index in [-0.39, 0.29) is 5.91 Å². The molecule has 4 heteroatoms. The summed E-state index contributed by atoms with van der Waals surface area (Å²) in [5.74, 6) is 1.51. The van der Waals surface area contributed by atoms with Crippen LogP contribution in [0.5, 0.6) is 0 Å². The summed E-state index contributed by atoms with van der Waals surface area (Å²) in [6, 6.07) is 15.9. The molecule has 0 radical (unpaired) electrons. The van der Waals surface area contributed by atoms with Gasteiger partial charge in [-0.1, -0.05) is 41.9 Å². The molecule has 0 saturated heterocycles. The first-order valence-electron chi connectivity index (χ1n) is 7.33. The van der Waals surface area contributed by atoms with Gasteiger partial charge in [-0.25, -0.2) is 0 Å². The third kappa shape index (κ3) is 5.74. The minimum absolute atomic E-state index is 0.0372. The molecule has 2 aromatic rings. The van der Waals surface area contributed by atoms with Crippen LogP contribution in [0.25, 0.3) is 0 Å². The van der Waals surface area contributed by atoms with Crippen LogP contribution >= 0.6 is 23.4 Å². The number of hydrogen-bond acceptors (Lipinski definition) is 2. The first-order chi connectivity index (χ1) is 10.6. The van der Waals surface area contributed by atoms with Crippen LogP contribution in [-0.4, -0.2) is 17.4 Å². The summed E-state index contributed by atoms with van der Waals surface area (Å²) in [5, 5.41) is 3.61. The van der Waals surface area contributed by atoms with Crippen molar-refractivity contribution >= 4 is 35.0 Å². The van der Waals surface area contributed by atoms with E-state index in [1.165, 1.54) is 5.56 Å². The van der Waals surface area contributed by atoms with E-state index in [0.29, 0.717) is 10.8 Å². The topological polar surface area (TPSA) is 29.1 Å². The second-order valence-corrected chi connectivity index (χ2v) is 6.69. The molecule has 1 amide bonds. The summed E-state index contributed by atoms with van der Waals surface area (Å²) in [4.78, 5) is 11.9. The summed E-state index contributed by atoms with van der Waals surface area (Å²) in [6.45, 7) is 1.94. The Kier molecular flexibility index (Phi) is 6.81. The van der Waals surface area contributed by atoms with E-state index < -0.39 is 0 Å². The number of carbonyl (C=O) groups is 1. The van der Waals surface area contributed by atoms with Gasteiger partial charge >= 0.3 is 0 Å². The lowest BCUT2D eigenvalue weighted by Crippen LogP contribution is -2.15. The molecular weight excluding hydrogens is 314 g/mol. The molecule has 0 saturated carbocycles. The maximum Gasteiger partial charge on any atom is 0.234 e. The molecule has 0 atom stereocenters. The van der Waals surface area contributed by atoms with Crippen LogP contribution in [-0.2, 0) is 11.2 Å². The van der Waals surface area contributed by atoms with E-state index >= 15 is 0 Å². The Morgan fingerprint density at radius 3 is 2.68 bits per heavy atom. The highest BCUT2D eigenvalue weighted by molar-refractivity contribution is 7.99. The van der Waals surface area contributed by atoms with Crippen molar-refractivity contribution in [3.05, 3.63) is 64.7 Å². The lowest BCUT2D eigenvalue weighted by atomic mass is 10.1. The zero-order valence-electron chi connectivity index (χ0n) is 12.6. The molecule has 0 fully saturated rings. The van der Waals surface area contributed by atoms with Crippen molar-refractivity contribution in [3.63, 3.8) is 0 Å². The molecule has 0 aliphatic heterocycles. The maximum atomic E-state index is 11.9. The third-order valence-electron chi connectivity index (χ3n) is 3.29. The second-order valence-electron chi connectivity index (χ2n) is 5.15. The zero-order valence-corrected chi connectivity index (χ0v) is 14.2. The number of halogens is 1. The van der Waals surface area contributed by atoms with Crippen molar-refractivity contribution in [1.82, 2.24) is 0 Å². The van der Waals surface area contributed by atoms with Crippen LogP contribution in [0.2, 0.25) is 5.02 Å². The number of thioether (sulfide) groups is 1. The highest BCUT2D eigenvalue weighted by Crippen LogP contribution is 2.19. The van der Waals surface area contributed by atoms with E-state index in [9.17, 15) is 4.79 Å². The Bertz CT molecular complexity index is 616. The molecule has 116 valence electrons. The average Bonchev–Trinajstić information content (AvgIpc) is 2.51. The molecule has 2 nitrogen and oxygen atoms in total. The fraction of sp³-hybridized carbons (Fsp3) is 0.278. The smallest absolute Gasteiger partial charge is 0.234 e. The molecule has 22 heavy (non-hydrogen) atoms. The van der Waals surface area contributed by atoms with Gasteiger partial charge < -0.3 is 5.32 Å². The molecule has 1 N–H and O–H groups in total. The first kappa shape index (κ1) is 16.9. The highest BCUT2D eigenvalue weighted by atomic mass is 35.5. The number of amides is 1. The van der Waals surface area contributed by atoms with Gasteiger partial charge in [0, 0.05) is 10.7 Å². The minimum Gasteiger partial charge on any atom is -0.325 e. The molecule has 0 aliphatic rings. The van der Waals surface area contributed by atoms with Gasteiger partial charge in [-0.05, 0) is 54.8 Å². The van der Waals surface area contributed by atoms with Gasteiger partial charge in [-0.15, -0.1) is 0 Å². The summed E-state index contributed by atoms with van der Waals surface area (Å²) in [7, 11) is 0. The Morgan fingerprint density at radius 2 is 1.95 bits per heavy atom. The van der Waals surface area contributed by atoms with Crippen molar-refractivity contribution in [2.45, 2.75) is 19.8 Å². The summed E-state index contributed by atoms with van der Waals surface area (Å²) in [5.41, 5.74) is 3.17. The Labute approximate surface area is 141 Å². The van der Waals surface area contributed by atoms with Gasteiger partial charge in [0.15, 0.2) is 0 Å². The number of benzene rings is 2. The van der Waals surface area contributed by atoms with Crippen LogP contribution in [0.15, 0.2) is 48.5 Å². The van der Waals surface area contributed by atoms with Crippen molar-refractivity contribution in [3.8, 4) is 0 Å². The molecule has 0 spiro atoms.